The quantitative estimate of drug-likeness (QED) is 0.520. The minimum Gasteiger partial charge on any atom is -0.465 e. The molecule has 0 atom stereocenters. The number of rotatable bonds is 3. The van der Waals surface area contributed by atoms with Crippen LogP contribution in [0, 0.1) is 20.8 Å². The third-order valence-electron chi connectivity index (χ3n) is 3.83. The number of halogens is 1. The third-order valence-corrected chi connectivity index (χ3v) is 5.21. The van der Waals surface area contributed by atoms with Crippen LogP contribution in [0.15, 0.2) is 28.7 Å². The largest absolute Gasteiger partial charge is 0.465 e. The van der Waals surface area contributed by atoms with Crippen LogP contribution in [0.5, 0.6) is 0 Å². The van der Waals surface area contributed by atoms with Gasteiger partial charge in [0.25, 0.3) is 5.91 Å². The first-order valence-corrected chi connectivity index (χ1v) is 9.35. The molecule has 0 aliphatic heterocycles. The van der Waals surface area contributed by atoms with Gasteiger partial charge in [-0.2, -0.15) is 0 Å². The van der Waals surface area contributed by atoms with Crippen molar-refractivity contribution >= 4 is 60.3 Å². The van der Waals surface area contributed by atoms with Crippen molar-refractivity contribution < 1.29 is 14.7 Å². The number of nitrogens with one attached hydrogen (secondary N) is 2. The van der Waals surface area contributed by atoms with Gasteiger partial charge >= 0.3 is 6.09 Å². The molecule has 0 radical (unpaired) electrons. The summed E-state index contributed by atoms with van der Waals surface area (Å²) >= 11 is 4.57. The van der Waals surface area contributed by atoms with E-state index in [9.17, 15) is 9.59 Å². The van der Waals surface area contributed by atoms with Crippen molar-refractivity contribution in [1.29, 1.82) is 0 Å². The molecule has 2 amide bonds. The van der Waals surface area contributed by atoms with Gasteiger partial charge in [-0.1, -0.05) is 45.0 Å². The molecule has 0 unspecified atom stereocenters. The van der Waals surface area contributed by atoms with Gasteiger partial charge in [0, 0.05) is 10.2 Å². The van der Waals surface area contributed by atoms with E-state index in [1.807, 2.05) is 32.9 Å². The maximum Gasteiger partial charge on any atom is 0.410 e. The predicted octanol–water partition coefficient (Wildman–Crippen LogP) is 5.33. The van der Waals surface area contributed by atoms with Gasteiger partial charge in [0.2, 0.25) is 0 Å². The van der Waals surface area contributed by atoms with Crippen molar-refractivity contribution in [2.75, 3.05) is 10.6 Å². The van der Waals surface area contributed by atoms with Crippen molar-refractivity contribution in [3.05, 3.63) is 51.0 Å². The Bertz CT molecular complexity index is 1020. The molecule has 134 valence electrons. The summed E-state index contributed by atoms with van der Waals surface area (Å²) in [6, 6.07) is 7.51. The van der Waals surface area contributed by atoms with Crippen LogP contribution in [0.3, 0.4) is 0 Å². The number of carbonyl (C=O) groups is 2. The molecule has 1 aromatic heterocycles. The Morgan fingerprint density at radius 1 is 1.08 bits per heavy atom. The number of carboxylic acid groups (broad SMARTS) is 1. The van der Waals surface area contributed by atoms with Crippen LogP contribution in [0.25, 0.3) is 10.2 Å². The van der Waals surface area contributed by atoms with Crippen molar-refractivity contribution in [2.45, 2.75) is 20.8 Å². The summed E-state index contributed by atoms with van der Waals surface area (Å²) < 4.78 is 1.43. The summed E-state index contributed by atoms with van der Waals surface area (Å²) in [5.74, 6) is -0.293. The van der Waals surface area contributed by atoms with Crippen molar-refractivity contribution in [3.8, 4) is 0 Å². The topological polar surface area (TPSA) is 91.3 Å². The summed E-state index contributed by atoms with van der Waals surface area (Å²) in [6.07, 6.45) is -1.19. The number of hydrogen-bond donors (Lipinski definition) is 3. The molecule has 0 saturated heterocycles. The molecule has 0 aliphatic carbocycles. The van der Waals surface area contributed by atoms with Crippen LogP contribution in [0.1, 0.15) is 27.0 Å². The molecule has 0 bridgehead atoms. The first kappa shape index (κ1) is 18.3. The Hall–Kier alpha value is -2.45. The number of hydrogen-bond acceptors (Lipinski definition) is 4. The molecular weight excluding hydrogens is 418 g/mol. The minimum atomic E-state index is -1.19. The summed E-state index contributed by atoms with van der Waals surface area (Å²) in [7, 11) is 0. The van der Waals surface area contributed by atoms with Gasteiger partial charge in [-0.05, 0) is 44.0 Å². The second kappa shape index (κ2) is 7.05. The van der Waals surface area contributed by atoms with E-state index in [-0.39, 0.29) is 11.0 Å². The fourth-order valence-electron chi connectivity index (χ4n) is 2.87. The molecule has 0 aliphatic rings. The third kappa shape index (κ3) is 3.71. The molecule has 0 saturated carbocycles. The van der Waals surface area contributed by atoms with Crippen molar-refractivity contribution in [1.82, 2.24) is 4.98 Å². The first-order chi connectivity index (χ1) is 12.2. The zero-order valence-corrected chi connectivity index (χ0v) is 16.7. The lowest BCUT2D eigenvalue weighted by molar-refractivity contribution is 0.102. The smallest absolute Gasteiger partial charge is 0.410 e. The van der Waals surface area contributed by atoms with Crippen molar-refractivity contribution in [2.24, 2.45) is 0 Å². The lowest BCUT2D eigenvalue weighted by Crippen LogP contribution is -2.14. The van der Waals surface area contributed by atoms with Crippen LogP contribution in [0.2, 0.25) is 0 Å². The van der Waals surface area contributed by atoms with Gasteiger partial charge in [-0.15, -0.1) is 0 Å². The number of carbonyl (C=O) groups excluding carboxylic acids is 1. The molecular formula is C18H16BrN3O3S. The first-order valence-electron chi connectivity index (χ1n) is 7.74. The molecule has 8 heteroatoms. The fourth-order valence-corrected chi connectivity index (χ4v) is 4.40. The highest BCUT2D eigenvalue weighted by Crippen LogP contribution is 2.32. The number of amides is 2. The molecule has 3 rings (SSSR count). The van der Waals surface area contributed by atoms with E-state index in [1.54, 1.807) is 12.1 Å². The molecule has 3 aromatic rings. The van der Waals surface area contributed by atoms with E-state index in [1.165, 1.54) is 11.3 Å². The highest BCUT2D eigenvalue weighted by Gasteiger charge is 2.18. The molecule has 3 N–H and O–H groups in total. The van der Waals surface area contributed by atoms with Crippen LogP contribution >= 0.6 is 27.3 Å². The van der Waals surface area contributed by atoms with E-state index >= 15 is 0 Å². The lowest BCUT2D eigenvalue weighted by Gasteiger charge is -2.13. The standard InChI is InChI=1S/C18H16BrN3O3S/c1-8-4-9(2)14(10(3)5-8)20-16(23)12-6-11(19)7-13-15(12)21-17(26-13)22-18(24)25/h4-7H,1-3H3,(H,20,23)(H,21,22)(H,24,25). The number of benzene rings is 2. The monoisotopic (exact) mass is 433 g/mol. The van der Waals surface area contributed by atoms with Gasteiger partial charge in [0.1, 0.15) is 0 Å². The predicted molar refractivity (Wildman–Crippen MR) is 108 cm³/mol. The van der Waals surface area contributed by atoms with Gasteiger partial charge < -0.3 is 10.4 Å². The van der Waals surface area contributed by atoms with Gasteiger partial charge in [-0.25, -0.2) is 9.78 Å². The molecule has 0 fully saturated rings. The van der Waals surface area contributed by atoms with Crippen molar-refractivity contribution in [3.63, 3.8) is 0 Å². The van der Waals surface area contributed by atoms with Gasteiger partial charge in [0.15, 0.2) is 5.13 Å². The van der Waals surface area contributed by atoms with E-state index in [4.69, 9.17) is 5.11 Å². The van der Waals surface area contributed by atoms with E-state index in [2.05, 4.69) is 31.5 Å². The Balaban J connectivity index is 2.03. The SMILES string of the molecule is Cc1cc(C)c(NC(=O)c2cc(Br)cc3sc(NC(=O)O)nc23)c(C)c1. The number of thiazole rings is 1. The number of nitrogens with zero attached hydrogens (tertiary/aromatic N) is 1. The normalized spacial score (nSPS) is 10.8. The minimum absolute atomic E-state index is 0.224. The lowest BCUT2D eigenvalue weighted by atomic mass is 10.0. The van der Waals surface area contributed by atoms with Crippen LogP contribution in [-0.4, -0.2) is 22.1 Å². The van der Waals surface area contributed by atoms with E-state index < -0.39 is 6.09 Å². The van der Waals surface area contributed by atoms with E-state index in [0.29, 0.717) is 15.8 Å². The second-order valence-corrected chi connectivity index (χ2v) is 7.92. The Morgan fingerprint density at radius 2 is 1.73 bits per heavy atom. The Labute approximate surface area is 162 Å². The average molecular weight is 434 g/mol. The number of anilines is 2. The Kier molecular flexibility index (Phi) is 4.97. The fraction of sp³-hybridized carbons (Fsp3) is 0.167. The highest BCUT2D eigenvalue weighted by atomic mass is 79.9. The second-order valence-electron chi connectivity index (χ2n) is 5.98. The molecule has 26 heavy (non-hydrogen) atoms. The summed E-state index contributed by atoms with van der Waals surface area (Å²) in [6.45, 7) is 5.91. The van der Waals surface area contributed by atoms with Crippen LogP contribution < -0.4 is 10.6 Å². The number of fused-ring (bicyclic) bond motifs is 1. The van der Waals surface area contributed by atoms with Gasteiger partial charge in [0.05, 0.1) is 15.8 Å². The summed E-state index contributed by atoms with van der Waals surface area (Å²) in [4.78, 5) is 28.0. The zero-order valence-electron chi connectivity index (χ0n) is 14.3. The maximum absolute atomic E-state index is 12.9. The van der Waals surface area contributed by atoms with Crippen LogP contribution in [-0.2, 0) is 0 Å². The summed E-state index contributed by atoms with van der Waals surface area (Å²) in [5.41, 5.74) is 4.70. The molecule has 2 aromatic carbocycles. The molecule has 0 spiro atoms. The highest BCUT2D eigenvalue weighted by molar-refractivity contribution is 9.10. The van der Waals surface area contributed by atoms with E-state index in [0.717, 1.165) is 26.9 Å². The average Bonchev–Trinajstić information content (AvgIpc) is 2.90. The van der Waals surface area contributed by atoms with Gasteiger partial charge in [-0.3, -0.25) is 10.1 Å². The number of aromatic nitrogens is 1. The van der Waals surface area contributed by atoms with Crippen LogP contribution in [0.4, 0.5) is 15.6 Å². The Morgan fingerprint density at radius 3 is 2.35 bits per heavy atom. The summed E-state index contributed by atoms with van der Waals surface area (Å²) in [5, 5.41) is 14.3. The molecule has 1 heterocycles. The number of aryl methyl sites for hydroxylation is 3. The maximum atomic E-state index is 12.9. The molecule has 6 nitrogen and oxygen atoms in total. The zero-order chi connectivity index (χ0) is 19.0.